The monoisotopic (exact) mass is 287 g/mol. The number of aromatic hydroxyl groups is 1. The summed E-state index contributed by atoms with van der Waals surface area (Å²) in [5, 5.41) is 13.0. The van der Waals surface area contributed by atoms with Gasteiger partial charge in [0.2, 0.25) is 0 Å². The van der Waals surface area contributed by atoms with Gasteiger partial charge >= 0.3 is 0 Å². The Morgan fingerprint density at radius 2 is 2.25 bits per heavy atom. The maximum atomic E-state index is 12.7. The predicted octanol–water partition coefficient (Wildman–Crippen LogP) is 2.19. The molecule has 0 heterocycles. The molecule has 1 aliphatic rings. The van der Waals surface area contributed by atoms with Gasteiger partial charge in [-0.2, -0.15) is 0 Å². The molecule has 1 aromatic rings. The third kappa shape index (κ3) is 2.19. The number of carbonyl (C=O) groups is 1. The molecule has 0 atom stereocenters. The van der Waals surface area contributed by atoms with Gasteiger partial charge < -0.3 is 10.4 Å². The van der Waals surface area contributed by atoms with Crippen LogP contribution in [0.3, 0.4) is 0 Å². The van der Waals surface area contributed by atoms with Crippen LogP contribution < -0.4 is 5.32 Å². The van der Waals surface area contributed by atoms with E-state index in [0.717, 1.165) is 25.0 Å². The Hall–Kier alpha value is -1.10. The molecule has 86 valence electrons. The lowest BCUT2D eigenvalue weighted by atomic mass is 10.1. The van der Waals surface area contributed by atoms with Gasteiger partial charge in [0.1, 0.15) is 11.6 Å². The highest BCUT2D eigenvalue weighted by Crippen LogP contribution is 2.37. The van der Waals surface area contributed by atoms with E-state index in [4.69, 9.17) is 0 Å². The highest BCUT2D eigenvalue weighted by molar-refractivity contribution is 9.09. The van der Waals surface area contributed by atoms with Crippen LogP contribution in [0, 0.1) is 5.82 Å². The highest BCUT2D eigenvalue weighted by atomic mass is 79.9. The van der Waals surface area contributed by atoms with Crippen molar-refractivity contribution in [1.29, 1.82) is 0 Å². The lowest BCUT2D eigenvalue weighted by Gasteiger charge is -2.14. The molecule has 2 rings (SSSR count). The molecule has 16 heavy (non-hydrogen) atoms. The van der Waals surface area contributed by atoms with Gasteiger partial charge in [0.05, 0.1) is 11.1 Å². The Kier molecular flexibility index (Phi) is 2.88. The molecular weight excluding hydrogens is 277 g/mol. The summed E-state index contributed by atoms with van der Waals surface area (Å²) in [6, 6.07) is 3.37. The number of phenols is 1. The molecule has 0 spiro atoms. The van der Waals surface area contributed by atoms with Crippen molar-refractivity contribution >= 4 is 21.8 Å². The van der Waals surface area contributed by atoms with E-state index in [-0.39, 0.29) is 22.8 Å². The predicted molar refractivity (Wildman–Crippen MR) is 61.3 cm³/mol. The molecule has 1 amide bonds. The van der Waals surface area contributed by atoms with E-state index in [9.17, 15) is 14.3 Å². The van der Waals surface area contributed by atoms with Crippen molar-refractivity contribution in [3.8, 4) is 5.75 Å². The van der Waals surface area contributed by atoms with Crippen molar-refractivity contribution in [3.63, 3.8) is 0 Å². The summed E-state index contributed by atoms with van der Waals surface area (Å²) >= 11 is 3.33. The molecule has 3 nitrogen and oxygen atoms in total. The van der Waals surface area contributed by atoms with E-state index in [1.54, 1.807) is 0 Å². The van der Waals surface area contributed by atoms with E-state index in [1.807, 2.05) is 0 Å². The van der Waals surface area contributed by atoms with E-state index >= 15 is 0 Å². The van der Waals surface area contributed by atoms with E-state index in [2.05, 4.69) is 21.2 Å². The number of nitrogens with one attached hydrogen (secondary N) is 1. The molecule has 1 fully saturated rings. The molecule has 5 heteroatoms. The largest absolute Gasteiger partial charge is 0.507 e. The number of alkyl halides is 1. The SMILES string of the molecule is O=C(NC1(CBr)CC1)c1ccc(F)cc1O. The van der Waals surface area contributed by atoms with Gasteiger partial charge in [0, 0.05) is 11.4 Å². The van der Waals surface area contributed by atoms with Crippen LogP contribution >= 0.6 is 15.9 Å². The van der Waals surface area contributed by atoms with Crippen LogP contribution in [0.5, 0.6) is 5.75 Å². The van der Waals surface area contributed by atoms with Crippen LogP contribution in [-0.4, -0.2) is 21.9 Å². The number of hydrogen-bond acceptors (Lipinski definition) is 2. The first-order valence-corrected chi connectivity index (χ1v) is 6.05. The van der Waals surface area contributed by atoms with Crippen molar-refractivity contribution in [2.75, 3.05) is 5.33 Å². The van der Waals surface area contributed by atoms with Gasteiger partial charge in [0.15, 0.2) is 0 Å². The van der Waals surface area contributed by atoms with Crippen molar-refractivity contribution < 1.29 is 14.3 Å². The molecule has 2 N–H and O–H groups in total. The Labute approximate surface area is 101 Å². The third-order valence-corrected chi connectivity index (χ3v) is 3.77. The number of phenolic OH excluding ortho intramolecular Hbond substituents is 1. The Morgan fingerprint density at radius 3 is 2.75 bits per heavy atom. The minimum atomic E-state index is -0.560. The van der Waals surface area contributed by atoms with Gasteiger partial charge in [-0.3, -0.25) is 4.79 Å². The van der Waals surface area contributed by atoms with E-state index < -0.39 is 5.82 Å². The summed E-state index contributed by atoms with van der Waals surface area (Å²) in [4.78, 5) is 11.8. The number of hydrogen-bond donors (Lipinski definition) is 2. The van der Waals surface area contributed by atoms with Crippen LogP contribution in [-0.2, 0) is 0 Å². The highest BCUT2D eigenvalue weighted by Gasteiger charge is 2.43. The zero-order valence-electron chi connectivity index (χ0n) is 8.46. The van der Waals surface area contributed by atoms with Gasteiger partial charge in [-0.05, 0) is 25.0 Å². The summed E-state index contributed by atoms with van der Waals surface area (Å²) in [7, 11) is 0. The first-order chi connectivity index (χ1) is 7.56. The van der Waals surface area contributed by atoms with Crippen molar-refractivity contribution in [1.82, 2.24) is 5.32 Å². The van der Waals surface area contributed by atoms with Gasteiger partial charge in [0.25, 0.3) is 5.91 Å². The maximum Gasteiger partial charge on any atom is 0.255 e. The van der Waals surface area contributed by atoms with Crippen LogP contribution in [0.1, 0.15) is 23.2 Å². The minimum Gasteiger partial charge on any atom is -0.507 e. The van der Waals surface area contributed by atoms with E-state index in [1.165, 1.54) is 6.07 Å². The molecule has 1 aliphatic carbocycles. The summed E-state index contributed by atoms with van der Waals surface area (Å²) in [6.45, 7) is 0. The Morgan fingerprint density at radius 1 is 1.56 bits per heavy atom. The van der Waals surface area contributed by atoms with Crippen molar-refractivity contribution in [2.45, 2.75) is 18.4 Å². The Balaban J connectivity index is 2.15. The molecule has 0 aliphatic heterocycles. The van der Waals surface area contributed by atoms with Gasteiger partial charge in [-0.15, -0.1) is 0 Å². The second-order valence-corrected chi connectivity index (χ2v) is 4.59. The summed E-state index contributed by atoms with van der Waals surface area (Å²) in [5.74, 6) is -1.26. The molecule has 0 aromatic heterocycles. The lowest BCUT2D eigenvalue weighted by molar-refractivity contribution is 0.0934. The zero-order valence-corrected chi connectivity index (χ0v) is 10.1. The summed E-state index contributed by atoms with van der Waals surface area (Å²) in [6.07, 6.45) is 1.85. The Bertz CT molecular complexity index is 432. The smallest absolute Gasteiger partial charge is 0.255 e. The fraction of sp³-hybridized carbons (Fsp3) is 0.364. The number of halogens is 2. The fourth-order valence-corrected chi connectivity index (χ4v) is 2.15. The normalized spacial score (nSPS) is 16.9. The first-order valence-electron chi connectivity index (χ1n) is 4.93. The molecule has 1 saturated carbocycles. The fourth-order valence-electron chi connectivity index (χ4n) is 1.45. The van der Waals surface area contributed by atoms with Gasteiger partial charge in [-0.25, -0.2) is 4.39 Å². The lowest BCUT2D eigenvalue weighted by Crippen LogP contribution is -2.38. The van der Waals surface area contributed by atoms with Gasteiger partial charge in [-0.1, -0.05) is 15.9 Å². The van der Waals surface area contributed by atoms with Crippen LogP contribution in [0.2, 0.25) is 0 Å². The molecule has 0 unspecified atom stereocenters. The maximum absolute atomic E-state index is 12.7. The second-order valence-electron chi connectivity index (χ2n) is 4.03. The zero-order chi connectivity index (χ0) is 11.8. The quantitative estimate of drug-likeness (QED) is 0.838. The summed E-state index contributed by atoms with van der Waals surface area (Å²) in [5.41, 5.74) is -0.0774. The average molecular weight is 288 g/mol. The molecule has 0 saturated heterocycles. The van der Waals surface area contributed by atoms with Crippen LogP contribution in [0.25, 0.3) is 0 Å². The molecule has 0 radical (unpaired) electrons. The molecule has 0 bridgehead atoms. The van der Waals surface area contributed by atoms with Crippen LogP contribution in [0.15, 0.2) is 18.2 Å². The molecule has 1 aromatic carbocycles. The number of amides is 1. The number of rotatable bonds is 3. The van der Waals surface area contributed by atoms with Crippen molar-refractivity contribution in [2.24, 2.45) is 0 Å². The first kappa shape index (κ1) is 11.4. The average Bonchev–Trinajstić information content (AvgIpc) is 2.98. The third-order valence-electron chi connectivity index (χ3n) is 2.69. The number of carbonyl (C=O) groups excluding carboxylic acids is 1. The number of benzene rings is 1. The van der Waals surface area contributed by atoms with E-state index in [0.29, 0.717) is 5.33 Å². The van der Waals surface area contributed by atoms with Crippen molar-refractivity contribution in [3.05, 3.63) is 29.6 Å². The second kappa shape index (κ2) is 4.05. The molecular formula is C11H11BrFNO2. The summed E-state index contributed by atoms with van der Waals surface area (Å²) < 4.78 is 12.7. The van der Waals surface area contributed by atoms with Crippen LogP contribution in [0.4, 0.5) is 4.39 Å². The standard InChI is InChI=1S/C11H11BrFNO2/c12-6-11(3-4-11)14-10(16)8-2-1-7(13)5-9(8)15/h1-2,5,15H,3-4,6H2,(H,14,16). The minimum absolute atomic E-state index is 0.105. The topological polar surface area (TPSA) is 49.3 Å².